The lowest BCUT2D eigenvalue weighted by molar-refractivity contribution is 0.669. The van der Waals surface area contributed by atoms with Crippen molar-refractivity contribution in [3.05, 3.63) is 187 Å². The summed E-state index contributed by atoms with van der Waals surface area (Å²) in [7, 11) is 0. The van der Waals surface area contributed by atoms with E-state index >= 15 is 0 Å². The molecule has 0 saturated carbocycles. The van der Waals surface area contributed by atoms with Crippen LogP contribution in [0.2, 0.25) is 0 Å². The zero-order valence-corrected chi connectivity index (χ0v) is 28.0. The third-order valence-electron chi connectivity index (χ3n) is 9.67. The van der Waals surface area contributed by atoms with E-state index in [1.807, 2.05) is 54.6 Å². The molecular weight excluding hydrogens is 635 g/mol. The normalized spacial score (nSPS) is 11.3. The lowest BCUT2D eigenvalue weighted by Crippen LogP contribution is -2.04. The third kappa shape index (κ3) is 5.12. The fourth-order valence-electron chi connectivity index (χ4n) is 7.19. The number of rotatable bonds is 4. The maximum absolute atomic E-state index is 6.28. The Hall–Kier alpha value is -7.22. The van der Waals surface area contributed by atoms with Crippen molar-refractivity contribution in [2.45, 2.75) is 0 Å². The van der Waals surface area contributed by atoms with Gasteiger partial charge < -0.3 is 4.42 Å². The molecule has 0 unspecified atom stereocenters. The van der Waals surface area contributed by atoms with Crippen molar-refractivity contribution in [1.29, 1.82) is 0 Å². The second kappa shape index (κ2) is 12.3. The minimum Gasteiger partial charge on any atom is -0.456 e. The van der Waals surface area contributed by atoms with Crippen LogP contribution >= 0.6 is 0 Å². The predicted molar refractivity (Wildman–Crippen MR) is 212 cm³/mol. The summed E-state index contributed by atoms with van der Waals surface area (Å²) in [5.41, 5.74) is 11.6. The average Bonchev–Trinajstić information content (AvgIpc) is 3.75. The van der Waals surface area contributed by atoms with Crippen molar-refractivity contribution >= 4 is 43.7 Å². The van der Waals surface area contributed by atoms with Gasteiger partial charge >= 0.3 is 0 Å². The smallest absolute Gasteiger partial charge is 0.235 e. The van der Waals surface area contributed by atoms with Crippen LogP contribution in [0.3, 0.4) is 0 Å². The van der Waals surface area contributed by atoms with Gasteiger partial charge in [0, 0.05) is 43.8 Å². The van der Waals surface area contributed by atoms with Crippen LogP contribution in [0.4, 0.5) is 0 Å². The largest absolute Gasteiger partial charge is 0.456 e. The Balaban J connectivity index is 1.14. The van der Waals surface area contributed by atoms with Gasteiger partial charge in [0.1, 0.15) is 11.2 Å². The predicted octanol–water partition coefficient (Wildman–Crippen LogP) is 11.9. The molecular formula is C48H29N3O. The molecule has 0 N–H and O–H groups in total. The van der Waals surface area contributed by atoms with Gasteiger partial charge in [-0.25, -0.2) is 9.97 Å². The van der Waals surface area contributed by atoms with E-state index in [1.165, 1.54) is 0 Å². The summed E-state index contributed by atoms with van der Waals surface area (Å²) < 4.78 is 8.45. The number of hydrogen-bond donors (Lipinski definition) is 0. The van der Waals surface area contributed by atoms with Crippen molar-refractivity contribution in [2.24, 2.45) is 0 Å². The highest BCUT2D eigenvalue weighted by molar-refractivity contribution is 6.10. The zero-order valence-electron chi connectivity index (χ0n) is 28.0. The zero-order chi connectivity index (χ0) is 34.4. The molecule has 3 aromatic heterocycles. The van der Waals surface area contributed by atoms with E-state index in [4.69, 9.17) is 14.4 Å². The van der Waals surface area contributed by atoms with Crippen LogP contribution in [0, 0.1) is 11.8 Å². The summed E-state index contributed by atoms with van der Waals surface area (Å²) in [6.07, 6.45) is 0. The molecule has 0 fully saturated rings. The maximum Gasteiger partial charge on any atom is 0.235 e. The van der Waals surface area contributed by atoms with Gasteiger partial charge in [-0.15, -0.1) is 0 Å². The van der Waals surface area contributed by atoms with Gasteiger partial charge in [0.05, 0.1) is 22.4 Å². The van der Waals surface area contributed by atoms with E-state index in [0.29, 0.717) is 5.95 Å². The van der Waals surface area contributed by atoms with Gasteiger partial charge in [-0.2, -0.15) is 0 Å². The van der Waals surface area contributed by atoms with E-state index in [9.17, 15) is 0 Å². The number of benzene rings is 7. The van der Waals surface area contributed by atoms with E-state index in [2.05, 4.69) is 138 Å². The van der Waals surface area contributed by atoms with E-state index in [1.54, 1.807) is 0 Å². The molecule has 52 heavy (non-hydrogen) atoms. The van der Waals surface area contributed by atoms with E-state index < -0.39 is 0 Å². The number of fused-ring (bicyclic) bond motifs is 6. The Kier molecular flexibility index (Phi) is 7.01. The molecule has 0 spiro atoms. The van der Waals surface area contributed by atoms with Crippen LogP contribution in [-0.2, 0) is 0 Å². The molecule has 0 amide bonds. The Bertz CT molecular complexity index is 2950. The maximum atomic E-state index is 6.28. The third-order valence-corrected chi connectivity index (χ3v) is 9.67. The lowest BCUT2D eigenvalue weighted by atomic mass is 9.97. The molecule has 0 atom stereocenters. The number of para-hydroxylation sites is 2. The summed E-state index contributed by atoms with van der Waals surface area (Å²) in [6, 6.07) is 60.4. The quantitative estimate of drug-likeness (QED) is 0.176. The topological polar surface area (TPSA) is 43.9 Å². The molecule has 0 aliphatic heterocycles. The Morgan fingerprint density at radius 2 is 1.02 bits per heavy atom. The first-order chi connectivity index (χ1) is 25.8. The second-order valence-electron chi connectivity index (χ2n) is 12.9. The number of aromatic nitrogens is 3. The van der Waals surface area contributed by atoms with Crippen LogP contribution in [0.15, 0.2) is 180 Å². The van der Waals surface area contributed by atoms with Gasteiger partial charge in [0.2, 0.25) is 5.95 Å². The first-order valence-electron chi connectivity index (χ1n) is 17.3. The average molecular weight is 664 g/mol. The van der Waals surface area contributed by atoms with E-state index in [0.717, 1.165) is 88.5 Å². The van der Waals surface area contributed by atoms with Crippen LogP contribution in [-0.4, -0.2) is 14.5 Å². The Morgan fingerprint density at radius 3 is 1.73 bits per heavy atom. The fourth-order valence-corrected chi connectivity index (χ4v) is 7.19. The van der Waals surface area contributed by atoms with Crippen LogP contribution in [0.5, 0.6) is 0 Å². The minimum absolute atomic E-state index is 0.622. The van der Waals surface area contributed by atoms with Crippen LogP contribution in [0.1, 0.15) is 11.1 Å². The fraction of sp³-hybridized carbons (Fsp3) is 0. The monoisotopic (exact) mass is 663 g/mol. The number of nitrogens with zero attached hydrogens (tertiary/aromatic N) is 3. The first kappa shape index (κ1) is 29.7. The molecule has 4 nitrogen and oxygen atoms in total. The van der Waals surface area contributed by atoms with Crippen molar-refractivity contribution in [3.63, 3.8) is 0 Å². The van der Waals surface area contributed by atoms with Crippen molar-refractivity contribution in [2.75, 3.05) is 0 Å². The molecule has 0 bridgehead atoms. The van der Waals surface area contributed by atoms with Crippen molar-refractivity contribution in [3.8, 4) is 51.4 Å². The van der Waals surface area contributed by atoms with E-state index in [-0.39, 0.29) is 0 Å². The second-order valence-corrected chi connectivity index (χ2v) is 12.9. The highest BCUT2D eigenvalue weighted by Gasteiger charge is 2.17. The summed E-state index contributed by atoms with van der Waals surface area (Å²) in [5.74, 6) is 7.65. The first-order valence-corrected chi connectivity index (χ1v) is 17.3. The Labute approximate surface area is 300 Å². The molecule has 3 heterocycles. The molecule has 10 rings (SSSR count). The van der Waals surface area contributed by atoms with Gasteiger partial charge in [-0.3, -0.25) is 4.57 Å². The standard InChI is InChI=1S/C48H29N3O/c1-4-14-33(15-5-1)39-30-41-38-21-11-13-23-46(38)52-47(41)29-36(39)26-24-32-25-27-45-40(28-32)37-20-10-12-22-44(37)51(45)48-49-42(34-16-6-2-7-17-34)31-43(50-48)35-18-8-3-9-19-35/h1-23,25,27-31H. The summed E-state index contributed by atoms with van der Waals surface area (Å²) in [6.45, 7) is 0. The van der Waals surface area contributed by atoms with Gasteiger partial charge in [0.25, 0.3) is 0 Å². The molecule has 10 aromatic rings. The molecule has 7 aromatic carbocycles. The van der Waals surface area contributed by atoms with Crippen LogP contribution < -0.4 is 0 Å². The molecule has 0 radical (unpaired) electrons. The SMILES string of the molecule is C(#Cc1cc2oc3ccccc3c2cc1-c1ccccc1)c1ccc2c(c1)c1ccccc1n2-c1nc(-c2ccccc2)cc(-c2ccccc2)n1. The lowest BCUT2D eigenvalue weighted by Gasteiger charge is -2.11. The Morgan fingerprint density at radius 1 is 0.423 bits per heavy atom. The van der Waals surface area contributed by atoms with Gasteiger partial charge in [0.15, 0.2) is 0 Å². The van der Waals surface area contributed by atoms with Gasteiger partial charge in [-0.05, 0) is 59.7 Å². The highest BCUT2D eigenvalue weighted by atomic mass is 16.3. The minimum atomic E-state index is 0.622. The summed E-state index contributed by atoms with van der Waals surface area (Å²) in [4.78, 5) is 10.3. The number of furan rings is 1. The molecule has 0 aliphatic carbocycles. The molecule has 242 valence electrons. The molecule has 0 aliphatic rings. The van der Waals surface area contributed by atoms with Crippen molar-refractivity contribution < 1.29 is 4.42 Å². The summed E-state index contributed by atoms with van der Waals surface area (Å²) in [5, 5.41) is 4.40. The highest BCUT2D eigenvalue weighted by Crippen LogP contribution is 2.36. The van der Waals surface area contributed by atoms with Crippen molar-refractivity contribution in [1.82, 2.24) is 14.5 Å². The molecule has 4 heteroatoms. The number of hydrogen-bond acceptors (Lipinski definition) is 3. The summed E-state index contributed by atoms with van der Waals surface area (Å²) >= 11 is 0. The van der Waals surface area contributed by atoms with Gasteiger partial charge in [-0.1, -0.05) is 139 Å². The molecule has 0 saturated heterocycles. The van der Waals surface area contributed by atoms with Crippen LogP contribution in [0.25, 0.3) is 83.3 Å².